The van der Waals surface area contributed by atoms with Crippen LogP contribution in [0.5, 0.6) is 0 Å². The molecule has 2 rings (SSSR count). The Morgan fingerprint density at radius 3 is 1.96 bits per heavy atom. The zero-order valence-electron chi connectivity index (χ0n) is 15.4. The molecule has 0 bridgehead atoms. The van der Waals surface area contributed by atoms with E-state index in [1.807, 2.05) is 0 Å². The van der Waals surface area contributed by atoms with Crippen LogP contribution >= 0.6 is 0 Å². The molecule has 23 heavy (non-hydrogen) atoms. The van der Waals surface area contributed by atoms with Gasteiger partial charge in [-0.05, 0) is 40.6 Å². The molecule has 4 heteroatoms. The second kappa shape index (κ2) is 6.44. The van der Waals surface area contributed by atoms with Gasteiger partial charge in [0.2, 0.25) is 11.8 Å². The lowest BCUT2D eigenvalue weighted by Gasteiger charge is -2.25. The van der Waals surface area contributed by atoms with Crippen LogP contribution in [0.1, 0.15) is 65.5 Å². The second-order valence-electron chi connectivity index (χ2n) is 8.08. The van der Waals surface area contributed by atoms with Crippen molar-refractivity contribution in [2.45, 2.75) is 65.8 Å². The standard InChI is InChI=1S/C19H29N3O/c1-8-20-12-16-21-22-17(23-16)13-9-14(18(2,3)4)11-15(10-13)19(5,6)7/h9-11,20H,8,12H2,1-7H3. The molecule has 0 atom stereocenters. The average Bonchev–Trinajstić information content (AvgIpc) is 2.91. The predicted octanol–water partition coefficient (Wildman–Crippen LogP) is 4.44. The van der Waals surface area contributed by atoms with Crippen molar-refractivity contribution in [3.63, 3.8) is 0 Å². The van der Waals surface area contributed by atoms with Gasteiger partial charge >= 0.3 is 0 Å². The smallest absolute Gasteiger partial charge is 0.247 e. The highest BCUT2D eigenvalue weighted by Gasteiger charge is 2.22. The van der Waals surface area contributed by atoms with Crippen molar-refractivity contribution in [1.29, 1.82) is 0 Å². The third-order valence-electron chi connectivity index (χ3n) is 3.91. The largest absolute Gasteiger partial charge is 0.419 e. The lowest BCUT2D eigenvalue weighted by molar-refractivity contribution is 0.481. The Balaban J connectivity index is 2.47. The monoisotopic (exact) mass is 315 g/mol. The van der Waals surface area contributed by atoms with E-state index in [1.165, 1.54) is 11.1 Å². The summed E-state index contributed by atoms with van der Waals surface area (Å²) >= 11 is 0. The minimum Gasteiger partial charge on any atom is -0.419 e. The molecule has 0 aliphatic carbocycles. The summed E-state index contributed by atoms with van der Waals surface area (Å²) in [6, 6.07) is 6.62. The predicted molar refractivity (Wildman–Crippen MR) is 94.5 cm³/mol. The molecule has 0 unspecified atom stereocenters. The Morgan fingerprint density at radius 2 is 1.48 bits per heavy atom. The number of nitrogens with one attached hydrogen (secondary N) is 1. The number of aromatic nitrogens is 2. The number of hydrogen-bond acceptors (Lipinski definition) is 4. The van der Waals surface area contributed by atoms with Gasteiger partial charge in [-0.25, -0.2) is 0 Å². The van der Waals surface area contributed by atoms with E-state index in [4.69, 9.17) is 4.42 Å². The van der Waals surface area contributed by atoms with Gasteiger partial charge in [0.25, 0.3) is 0 Å². The SMILES string of the molecule is CCNCc1nnc(-c2cc(C(C)(C)C)cc(C(C)(C)C)c2)o1. The van der Waals surface area contributed by atoms with Gasteiger partial charge in [-0.15, -0.1) is 10.2 Å². The van der Waals surface area contributed by atoms with Gasteiger partial charge in [0.05, 0.1) is 6.54 Å². The molecule has 0 amide bonds. The van der Waals surface area contributed by atoms with Crippen LogP contribution in [0.25, 0.3) is 11.5 Å². The molecule has 0 aliphatic heterocycles. The van der Waals surface area contributed by atoms with Gasteiger partial charge in [-0.2, -0.15) is 0 Å². The first-order valence-electron chi connectivity index (χ1n) is 8.31. The van der Waals surface area contributed by atoms with E-state index in [1.54, 1.807) is 0 Å². The van der Waals surface area contributed by atoms with E-state index < -0.39 is 0 Å². The van der Waals surface area contributed by atoms with E-state index in [0.717, 1.165) is 12.1 Å². The first-order valence-corrected chi connectivity index (χ1v) is 8.31. The zero-order valence-corrected chi connectivity index (χ0v) is 15.4. The van der Waals surface area contributed by atoms with E-state index in [-0.39, 0.29) is 10.8 Å². The van der Waals surface area contributed by atoms with Crippen molar-refractivity contribution in [3.05, 3.63) is 35.2 Å². The molecular formula is C19H29N3O. The first-order chi connectivity index (χ1) is 10.6. The fourth-order valence-corrected chi connectivity index (χ4v) is 2.29. The summed E-state index contributed by atoms with van der Waals surface area (Å²) in [7, 11) is 0. The Bertz CT molecular complexity index is 628. The van der Waals surface area contributed by atoms with E-state index in [9.17, 15) is 0 Å². The molecule has 1 aromatic carbocycles. The molecule has 0 spiro atoms. The molecule has 0 fully saturated rings. The van der Waals surface area contributed by atoms with Crippen molar-refractivity contribution in [1.82, 2.24) is 15.5 Å². The van der Waals surface area contributed by atoms with Crippen LogP contribution in [0.3, 0.4) is 0 Å². The van der Waals surface area contributed by atoms with Crippen molar-refractivity contribution in [2.75, 3.05) is 6.54 Å². The quantitative estimate of drug-likeness (QED) is 0.906. The summed E-state index contributed by atoms with van der Waals surface area (Å²) < 4.78 is 5.82. The maximum Gasteiger partial charge on any atom is 0.247 e. The number of hydrogen-bond donors (Lipinski definition) is 1. The zero-order chi connectivity index (χ0) is 17.3. The van der Waals surface area contributed by atoms with Crippen molar-refractivity contribution in [3.8, 4) is 11.5 Å². The van der Waals surface area contributed by atoms with Gasteiger partial charge in [0, 0.05) is 5.56 Å². The van der Waals surface area contributed by atoms with Crippen LogP contribution in [0, 0.1) is 0 Å². The van der Waals surface area contributed by atoms with E-state index >= 15 is 0 Å². The topological polar surface area (TPSA) is 51.0 Å². The van der Waals surface area contributed by atoms with Gasteiger partial charge in [-0.1, -0.05) is 54.5 Å². The number of rotatable bonds is 4. The molecule has 1 N–H and O–H groups in total. The van der Waals surface area contributed by atoms with Gasteiger partial charge in [-0.3, -0.25) is 0 Å². The van der Waals surface area contributed by atoms with Crippen LogP contribution in [0.15, 0.2) is 22.6 Å². The summed E-state index contributed by atoms with van der Waals surface area (Å²) in [4.78, 5) is 0. The normalized spacial score (nSPS) is 12.7. The number of benzene rings is 1. The summed E-state index contributed by atoms with van der Waals surface area (Å²) in [5.41, 5.74) is 3.71. The summed E-state index contributed by atoms with van der Waals surface area (Å²) in [6.45, 7) is 16.9. The molecule has 126 valence electrons. The van der Waals surface area contributed by atoms with E-state index in [2.05, 4.69) is 82.2 Å². The minimum atomic E-state index is 0.0721. The number of nitrogens with zero attached hydrogens (tertiary/aromatic N) is 2. The first kappa shape index (κ1) is 17.7. The van der Waals surface area contributed by atoms with Crippen LogP contribution in [-0.2, 0) is 17.4 Å². The van der Waals surface area contributed by atoms with Crippen molar-refractivity contribution in [2.24, 2.45) is 0 Å². The molecule has 0 aliphatic rings. The molecule has 0 saturated heterocycles. The highest BCUT2D eigenvalue weighted by molar-refractivity contribution is 5.57. The Labute approximate surface area is 139 Å². The summed E-state index contributed by atoms with van der Waals surface area (Å²) in [5, 5.41) is 11.6. The van der Waals surface area contributed by atoms with Gasteiger partial charge in [0.15, 0.2) is 0 Å². The highest BCUT2D eigenvalue weighted by Crippen LogP contribution is 2.33. The summed E-state index contributed by atoms with van der Waals surface area (Å²) in [6.07, 6.45) is 0. The fraction of sp³-hybridized carbons (Fsp3) is 0.579. The molecule has 0 saturated carbocycles. The molecule has 1 heterocycles. The maximum atomic E-state index is 5.82. The molecule has 1 aromatic heterocycles. The van der Waals surface area contributed by atoms with Crippen LogP contribution in [0.4, 0.5) is 0 Å². The van der Waals surface area contributed by atoms with Gasteiger partial charge < -0.3 is 9.73 Å². The van der Waals surface area contributed by atoms with Crippen LogP contribution in [0.2, 0.25) is 0 Å². The van der Waals surface area contributed by atoms with Crippen LogP contribution < -0.4 is 5.32 Å². The van der Waals surface area contributed by atoms with Gasteiger partial charge in [0.1, 0.15) is 0 Å². The maximum absolute atomic E-state index is 5.82. The summed E-state index contributed by atoms with van der Waals surface area (Å²) in [5.74, 6) is 1.22. The van der Waals surface area contributed by atoms with E-state index in [0.29, 0.717) is 18.3 Å². The molecular weight excluding hydrogens is 286 g/mol. The lowest BCUT2D eigenvalue weighted by atomic mass is 9.79. The average molecular weight is 315 g/mol. The third-order valence-corrected chi connectivity index (χ3v) is 3.91. The Hall–Kier alpha value is -1.68. The Morgan fingerprint density at radius 1 is 0.913 bits per heavy atom. The van der Waals surface area contributed by atoms with Crippen molar-refractivity contribution < 1.29 is 4.42 Å². The third kappa shape index (κ3) is 4.41. The van der Waals surface area contributed by atoms with Crippen LogP contribution in [-0.4, -0.2) is 16.7 Å². The second-order valence-corrected chi connectivity index (χ2v) is 8.08. The minimum absolute atomic E-state index is 0.0721. The molecule has 0 radical (unpaired) electrons. The highest BCUT2D eigenvalue weighted by atomic mass is 16.4. The lowest BCUT2D eigenvalue weighted by Crippen LogP contribution is -2.16. The Kier molecular flexibility index (Phi) is 4.95. The van der Waals surface area contributed by atoms with Crippen molar-refractivity contribution >= 4 is 0 Å². The fourth-order valence-electron chi connectivity index (χ4n) is 2.29. The molecule has 2 aromatic rings. The molecule has 4 nitrogen and oxygen atoms in total.